The van der Waals surface area contributed by atoms with E-state index in [-0.39, 0.29) is 0 Å². The van der Waals surface area contributed by atoms with E-state index in [2.05, 4.69) is 4.98 Å². The molecule has 0 unspecified atom stereocenters. The Kier molecular flexibility index (Phi) is 4.23. The van der Waals surface area contributed by atoms with E-state index in [1.54, 1.807) is 0 Å². The van der Waals surface area contributed by atoms with Gasteiger partial charge in [0.15, 0.2) is 4.90 Å². The van der Waals surface area contributed by atoms with Gasteiger partial charge in [0, 0.05) is 5.69 Å². The van der Waals surface area contributed by atoms with E-state index < -0.39 is 26.6 Å². The first-order valence-corrected chi connectivity index (χ1v) is 9.00. The highest BCUT2D eigenvalue weighted by molar-refractivity contribution is 7.89. The highest BCUT2D eigenvalue weighted by Crippen LogP contribution is 2.40. The van der Waals surface area contributed by atoms with Gasteiger partial charge in [-0.25, -0.2) is 22.3 Å². The van der Waals surface area contributed by atoms with E-state index in [0.717, 1.165) is 47.5 Å². The van der Waals surface area contributed by atoms with Crippen LogP contribution < -0.4 is 5.14 Å². The van der Waals surface area contributed by atoms with Crippen LogP contribution >= 0.6 is 0 Å². The van der Waals surface area contributed by atoms with Crippen LogP contribution in [0.5, 0.6) is 0 Å². The topological polar surface area (TPSA) is 73.1 Å². The largest absolute Gasteiger partial charge is 0.253 e. The zero-order chi connectivity index (χ0) is 17.5. The highest BCUT2D eigenvalue weighted by atomic mass is 32.2. The molecular formula is C17H16F2N2O2S. The molecule has 2 N–H and O–H groups in total. The van der Waals surface area contributed by atoms with Crippen molar-refractivity contribution in [2.45, 2.75) is 31.1 Å². The van der Waals surface area contributed by atoms with Gasteiger partial charge < -0.3 is 0 Å². The first kappa shape index (κ1) is 16.7. The predicted octanol–water partition coefficient (Wildman–Crippen LogP) is 3.41. The summed E-state index contributed by atoms with van der Waals surface area (Å²) in [6, 6.07) is 7.67. The summed E-state index contributed by atoms with van der Waals surface area (Å²) in [5.74, 6) is -2.35. The molecule has 7 heteroatoms. The molecule has 0 saturated heterocycles. The summed E-state index contributed by atoms with van der Waals surface area (Å²) in [5.41, 5.74) is 3.67. The summed E-state index contributed by atoms with van der Waals surface area (Å²) < 4.78 is 50.8. The molecule has 0 spiro atoms. The van der Waals surface area contributed by atoms with Gasteiger partial charge in [-0.1, -0.05) is 6.07 Å². The fourth-order valence-corrected chi connectivity index (χ4v) is 3.72. The Labute approximate surface area is 139 Å². The third kappa shape index (κ3) is 3.09. The second kappa shape index (κ2) is 6.07. The quantitative estimate of drug-likeness (QED) is 0.922. The van der Waals surface area contributed by atoms with Crippen molar-refractivity contribution in [1.82, 2.24) is 4.98 Å². The lowest BCUT2D eigenvalue weighted by Crippen LogP contribution is -2.16. The number of allylic oxidation sites excluding steroid dienone is 2. The van der Waals surface area contributed by atoms with Gasteiger partial charge in [0.05, 0.1) is 5.69 Å². The zero-order valence-electron chi connectivity index (χ0n) is 13.0. The SMILES string of the molecule is Cc1cccc(C2=C(c3cc(F)c(S(N)(=O)=O)c(F)c3)CCC2)n1. The first-order valence-electron chi connectivity index (χ1n) is 7.45. The molecule has 0 saturated carbocycles. The summed E-state index contributed by atoms with van der Waals surface area (Å²) in [4.78, 5) is 3.37. The van der Waals surface area contributed by atoms with Crippen LogP contribution in [0.25, 0.3) is 11.1 Å². The van der Waals surface area contributed by atoms with Crippen molar-refractivity contribution in [3.05, 3.63) is 58.9 Å². The molecule has 24 heavy (non-hydrogen) atoms. The molecule has 3 rings (SSSR count). The second-order valence-corrected chi connectivity index (χ2v) is 7.29. The number of hydrogen-bond acceptors (Lipinski definition) is 3. The summed E-state index contributed by atoms with van der Waals surface area (Å²) in [5, 5.41) is 4.87. The van der Waals surface area contributed by atoms with Crippen molar-refractivity contribution in [2.24, 2.45) is 5.14 Å². The van der Waals surface area contributed by atoms with Gasteiger partial charge in [0.1, 0.15) is 11.6 Å². The molecule has 1 heterocycles. The molecule has 2 aromatic rings. The van der Waals surface area contributed by atoms with Gasteiger partial charge in [-0.3, -0.25) is 4.98 Å². The smallest absolute Gasteiger partial charge is 0.243 e. The number of aryl methyl sites for hydroxylation is 1. The molecular weight excluding hydrogens is 334 g/mol. The van der Waals surface area contributed by atoms with Gasteiger partial charge in [-0.15, -0.1) is 0 Å². The van der Waals surface area contributed by atoms with Crippen molar-refractivity contribution >= 4 is 21.2 Å². The summed E-state index contributed by atoms with van der Waals surface area (Å²) in [6.45, 7) is 1.87. The molecule has 1 aliphatic carbocycles. The van der Waals surface area contributed by atoms with Crippen LogP contribution in [0.15, 0.2) is 35.2 Å². The summed E-state index contributed by atoms with van der Waals surface area (Å²) in [7, 11) is -4.45. The van der Waals surface area contributed by atoms with Crippen LogP contribution in [0.3, 0.4) is 0 Å². The molecule has 1 aromatic heterocycles. The van der Waals surface area contributed by atoms with Crippen molar-refractivity contribution in [1.29, 1.82) is 0 Å². The van der Waals surface area contributed by atoms with Crippen LogP contribution in [0.4, 0.5) is 8.78 Å². The number of halogens is 2. The number of nitrogens with two attached hydrogens (primary N) is 1. The van der Waals surface area contributed by atoms with Gasteiger partial charge >= 0.3 is 0 Å². The molecule has 0 atom stereocenters. The minimum atomic E-state index is -4.45. The van der Waals surface area contributed by atoms with Crippen molar-refractivity contribution in [3.63, 3.8) is 0 Å². The molecule has 0 fully saturated rings. The number of aromatic nitrogens is 1. The number of pyridine rings is 1. The Bertz CT molecular complexity index is 930. The van der Waals surface area contributed by atoms with E-state index in [1.165, 1.54) is 0 Å². The third-order valence-corrected chi connectivity index (χ3v) is 5.01. The zero-order valence-corrected chi connectivity index (χ0v) is 13.8. The van der Waals surface area contributed by atoms with Crippen LogP contribution in [-0.2, 0) is 10.0 Å². The fourth-order valence-electron chi connectivity index (χ4n) is 3.06. The molecule has 0 radical (unpaired) electrons. The minimum Gasteiger partial charge on any atom is -0.253 e. The number of benzene rings is 1. The van der Waals surface area contributed by atoms with E-state index >= 15 is 0 Å². The monoisotopic (exact) mass is 350 g/mol. The van der Waals surface area contributed by atoms with Crippen molar-refractivity contribution in [3.8, 4) is 0 Å². The van der Waals surface area contributed by atoms with E-state index in [4.69, 9.17) is 5.14 Å². The summed E-state index contributed by atoms with van der Waals surface area (Å²) in [6.07, 6.45) is 2.25. The number of hydrogen-bond donors (Lipinski definition) is 1. The normalized spacial score (nSPS) is 15.2. The van der Waals surface area contributed by atoms with E-state index in [9.17, 15) is 17.2 Å². The standard InChI is InChI=1S/C17H16F2N2O2S/c1-10-4-2-7-16(21-10)13-6-3-5-12(13)11-8-14(18)17(15(19)9-11)24(20,22)23/h2,4,7-9H,3,5-6H2,1H3,(H2,20,22,23). The van der Waals surface area contributed by atoms with E-state index in [0.29, 0.717) is 12.0 Å². The Morgan fingerprint density at radius 1 is 1.08 bits per heavy atom. The average Bonchev–Trinajstić information content (AvgIpc) is 2.94. The molecule has 126 valence electrons. The predicted molar refractivity (Wildman–Crippen MR) is 87.4 cm³/mol. The van der Waals surface area contributed by atoms with Crippen LogP contribution in [-0.4, -0.2) is 13.4 Å². The Balaban J connectivity index is 2.16. The number of sulfonamides is 1. The maximum Gasteiger partial charge on any atom is 0.243 e. The van der Waals surface area contributed by atoms with Crippen LogP contribution in [0.1, 0.15) is 36.2 Å². The van der Waals surface area contributed by atoms with Crippen molar-refractivity contribution < 1.29 is 17.2 Å². The molecule has 1 aromatic carbocycles. The molecule has 0 amide bonds. The van der Waals surface area contributed by atoms with Gasteiger partial charge in [-0.2, -0.15) is 0 Å². The lowest BCUT2D eigenvalue weighted by Gasteiger charge is -2.11. The van der Waals surface area contributed by atoms with Crippen LogP contribution in [0.2, 0.25) is 0 Å². The lowest BCUT2D eigenvalue weighted by atomic mass is 9.99. The van der Waals surface area contributed by atoms with E-state index in [1.807, 2.05) is 25.1 Å². The second-order valence-electron chi connectivity index (χ2n) is 5.79. The maximum atomic E-state index is 14.1. The Morgan fingerprint density at radius 3 is 2.29 bits per heavy atom. The Morgan fingerprint density at radius 2 is 1.71 bits per heavy atom. The van der Waals surface area contributed by atoms with Crippen molar-refractivity contribution in [2.75, 3.05) is 0 Å². The third-order valence-electron chi connectivity index (χ3n) is 4.05. The fraction of sp³-hybridized carbons (Fsp3) is 0.235. The molecule has 0 aliphatic heterocycles. The van der Waals surface area contributed by atoms with Gasteiger partial charge in [-0.05, 0) is 67.2 Å². The molecule has 1 aliphatic rings. The lowest BCUT2D eigenvalue weighted by molar-refractivity contribution is 0.519. The molecule has 4 nitrogen and oxygen atoms in total. The Hall–Kier alpha value is -2.12. The van der Waals surface area contributed by atoms with Gasteiger partial charge in [0.2, 0.25) is 10.0 Å². The van der Waals surface area contributed by atoms with Crippen LogP contribution in [0, 0.1) is 18.6 Å². The number of nitrogens with zero attached hydrogens (tertiary/aromatic N) is 1. The highest BCUT2D eigenvalue weighted by Gasteiger charge is 2.25. The first-order chi connectivity index (χ1) is 11.3. The molecule has 0 bridgehead atoms. The summed E-state index contributed by atoms with van der Waals surface area (Å²) >= 11 is 0. The number of primary sulfonamides is 1. The average molecular weight is 350 g/mol. The van der Waals surface area contributed by atoms with Gasteiger partial charge in [0.25, 0.3) is 0 Å². The number of rotatable bonds is 3. The maximum absolute atomic E-state index is 14.1. The minimum absolute atomic E-state index is 0.327.